The Morgan fingerprint density at radius 2 is 2.07 bits per heavy atom. The van der Waals surface area contributed by atoms with Crippen molar-refractivity contribution < 1.29 is 9.53 Å². The van der Waals surface area contributed by atoms with Gasteiger partial charge in [0.2, 0.25) is 0 Å². The number of ether oxygens (including phenoxy) is 1. The highest BCUT2D eigenvalue weighted by atomic mass is 127. The number of rotatable bonds is 6. The Morgan fingerprint density at radius 3 is 2.76 bits per heavy atom. The Morgan fingerprint density at radius 1 is 1.28 bits per heavy atom. The standard InChI is InChI=1S/C22H20IN3O2S/c1-3-25-22-26(4-2)21(27)20(29-22)12-15-9-10-19(18(23)11-15)28-14-17-8-6-5-7-16(17)13-24/h5-12H,3-4,14H2,1-2H3/b20-12+,25-22?. The quantitative estimate of drug-likeness (QED) is 0.397. The number of benzene rings is 2. The summed E-state index contributed by atoms with van der Waals surface area (Å²) in [7, 11) is 0. The lowest BCUT2D eigenvalue weighted by Gasteiger charge is -2.11. The smallest absolute Gasteiger partial charge is 0.266 e. The number of amidine groups is 1. The fourth-order valence-electron chi connectivity index (χ4n) is 2.83. The predicted molar refractivity (Wildman–Crippen MR) is 126 cm³/mol. The summed E-state index contributed by atoms with van der Waals surface area (Å²) in [5.41, 5.74) is 2.40. The number of hydrogen-bond acceptors (Lipinski definition) is 5. The molecule has 0 atom stereocenters. The van der Waals surface area contributed by atoms with E-state index in [1.54, 1.807) is 11.0 Å². The molecule has 0 spiro atoms. The fraction of sp³-hybridized carbons (Fsp3) is 0.227. The molecule has 0 radical (unpaired) electrons. The van der Waals surface area contributed by atoms with Crippen molar-refractivity contribution in [3.05, 3.63) is 67.6 Å². The molecule has 2 aromatic carbocycles. The van der Waals surface area contributed by atoms with Crippen LogP contribution in [0.5, 0.6) is 5.75 Å². The van der Waals surface area contributed by atoms with Crippen LogP contribution in [-0.4, -0.2) is 29.1 Å². The van der Waals surface area contributed by atoms with E-state index in [1.165, 1.54) is 11.8 Å². The molecule has 0 aromatic heterocycles. The summed E-state index contributed by atoms with van der Waals surface area (Å²) in [6.45, 7) is 5.50. The Balaban J connectivity index is 1.76. The van der Waals surface area contributed by atoms with Crippen LogP contribution in [0, 0.1) is 14.9 Å². The van der Waals surface area contributed by atoms with Crippen LogP contribution < -0.4 is 4.74 Å². The van der Waals surface area contributed by atoms with E-state index in [9.17, 15) is 10.1 Å². The van der Waals surface area contributed by atoms with Gasteiger partial charge in [0.05, 0.1) is 20.1 Å². The van der Waals surface area contributed by atoms with Gasteiger partial charge in [-0.3, -0.25) is 14.7 Å². The second kappa shape index (κ2) is 9.94. The summed E-state index contributed by atoms with van der Waals surface area (Å²) in [5, 5.41) is 9.96. The van der Waals surface area contributed by atoms with Crippen LogP contribution in [0.3, 0.4) is 0 Å². The first-order chi connectivity index (χ1) is 14.1. The summed E-state index contributed by atoms with van der Waals surface area (Å²) in [5.74, 6) is 0.738. The van der Waals surface area contributed by atoms with Crippen molar-refractivity contribution in [2.24, 2.45) is 4.99 Å². The number of carbonyl (C=O) groups is 1. The van der Waals surface area contributed by atoms with Gasteiger partial charge in [0.1, 0.15) is 12.4 Å². The van der Waals surface area contributed by atoms with Crippen molar-refractivity contribution in [3.63, 3.8) is 0 Å². The van der Waals surface area contributed by atoms with Crippen molar-refractivity contribution in [2.75, 3.05) is 13.1 Å². The number of thioether (sulfide) groups is 1. The number of nitrogens with zero attached hydrogens (tertiary/aromatic N) is 3. The van der Waals surface area contributed by atoms with Gasteiger partial charge in [-0.2, -0.15) is 5.26 Å². The molecule has 148 valence electrons. The first-order valence-corrected chi connectivity index (χ1v) is 11.1. The maximum atomic E-state index is 12.6. The SMILES string of the molecule is CCN=C1S/C(=C/c2ccc(OCc3ccccc3C#N)c(I)c2)C(=O)N1CC. The molecule has 5 nitrogen and oxygen atoms in total. The third-order valence-electron chi connectivity index (χ3n) is 4.27. The lowest BCUT2D eigenvalue weighted by molar-refractivity contribution is -0.122. The molecule has 1 aliphatic rings. The highest BCUT2D eigenvalue weighted by Crippen LogP contribution is 2.33. The van der Waals surface area contributed by atoms with Crippen LogP contribution in [-0.2, 0) is 11.4 Å². The molecular weight excluding hydrogens is 497 g/mol. The highest BCUT2D eigenvalue weighted by Gasteiger charge is 2.31. The van der Waals surface area contributed by atoms with E-state index in [0.717, 1.165) is 25.6 Å². The molecule has 0 N–H and O–H groups in total. The minimum Gasteiger partial charge on any atom is -0.488 e. The summed E-state index contributed by atoms with van der Waals surface area (Å²) in [6, 6.07) is 15.4. The lowest BCUT2D eigenvalue weighted by Crippen LogP contribution is -2.28. The van der Waals surface area contributed by atoms with Crippen LogP contribution in [0.1, 0.15) is 30.5 Å². The molecule has 1 amide bonds. The molecule has 0 saturated carbocycles. The molecule has 0 unspecified atom stereocenters. The minimum atomic E-state index is -0.00635. The van der Waals surface area contributed by atoms with Crippen molar-refractivity contribution in [1.82, 2.24) is 4.90 Å². The number of carbonyl (C=O) groups excluding carboxylic acids is 1. The van der Waals surface area contributed by atoms with Gasteiger partial charge in [-0.1, -0.05) is 24.3 Å². The van der Waals surface area contributed by atoms with Gasteiger partial charge in [-0.25, -0.2) is 0 Å². The minimum absolute atomic E-state index is 0.00635. The Labute approximate surface area is 188 Å². The van der Waals surface area contributed by atoms with Crippen LogP contribution in [0.2, 0.25) is 0 Å². The molecule has 0 bridgehead atoms. The molecule has 1 saturated heterocycles. The molecule has 7 heteroatoms. The van der Waals surface area contributed by atoms with E-state index in [1.807, 2.05) is 56.3 Å². The largest absolute Gasteiger partial charge is 0.488 e. The van der Waals surface area contributed by atoms with Gasteiger partial charge in [0.15, 0.2) is 5.17 Å². The zero-order chi connectivity index (χ0) is 20.8. The lowest BCUT2D eigenvalue weighted by atomic mass is 10.1. The first-order valence-electron chi connectivity index (χ1n) is 9.23. The predicted octanol–water partition coefficient (Wildman–Crippen LogP) is 5.05. The normalized spacial score (nSPS) is 16.5. The Bertz CT molecular complexity index is 1030. The first kappa shape index (κ1) is 21.4. The number of likely N-dealkylation sites (N-methyl/N-ethyl adjacent to an activating group) is 1. The maximum absolute atomic E-state index is 12.6. The van der Waals surface area contributed by atoms with Gasteiger partial charge in [-0.15, -0.1) is 0 Å². The van der Waals surface area contributed by atoms with Crippen LogP contribution in [0.4, 0.5) is 0 Å². The molecule has 29 heavy (non-hydrogen) atoms. The number of amides is 1. The van der Waals surface area contributed by atoms with Crippen molar-refractivity contribution in [2.45, 2.75) is 20.5 Å². The summed E-state index contributed by atoms with van der Waals surface area (Å²) in [4.78, 5) is 19.4. The molecule has 1 heterocycles. The van der Waals surface area contributed by atoms with E-state index in [2.05, 4.69) is 33.7 Å². The number of hydrogen-bond donors (Lipinski definition) is 0. The molecule has 0 aliphatic carbocycles. The molecular formula is C22H20IN3O2S. The van der Waals surface area contributed by atoms with Gasteiger partial charge in [0, 0.05) is 18.7 Å². The zero-order valence-corrected chi connectivity index (χ0v) is 19.2. The summed E-state index contributed by atoms with van der Waals surface area (Å²) in [6.07, 6.45) is 1.89. The fourth-order valence-corrected chi connectivity index (χ4v) is 4.63. The van der Waals surface area contributed by atoms with Crippen molar-refractivity contribution >= 4 is 51.5 Å². The summed E-state index contributed by atoms with van der Waals surface area (Å²) < 4.78 is 6.86. The van der Waals surface area contributed by atoms with Crippen molar-refractivity contribution in [1.29, 1.82) is 5.26 Å². The van der Waals surface area contributed by atoms with Gasteiger partial charge in [-0.05, 0) is 78.0 Å². The highest BCUT2D eigenvalue weighted by molar-refractivity contribution is 14.1. The average Bonchev–Trinajstić information content (AvgIpc) is 3.02. The monoisotopic (exact) mass is 517 g/mol. The third kappa shape index (κ3) is 5.00. The molecule has 1 aliphatic heterocycles. The van der Waals surface area contributed by atoms with Gasteiger partial charge >= 0.3 is 0 Å². The van der Waals surface area contributed by atoms with Crippen molar-refractivity contribution in [3.8, 4) is 11.8 Å². The van der Waals surface area contributed by atoms with E-state index < -0.39 is 0 Å². The second-order valence-electron chi connectivity index (χ2n) is 6.16. The number of nitriles is 1. The molecule has 1 fully saturated rings. The topological polar surface area (TPSA) is 65.7 Å². The van der Waals surface area contributed by atoms with Crippen LogP contribution in [0.15, 0.2) is 52.4 Å². The summed E-state index contributed by atoms with van der Waals surface area (Å²) >= 11 is 3.64. The van der Waals surface area contributed by atoms with E-state index in [-0.39, 0.29) is 5.91 Å². The van der Waals surface area contributed by atoms with Crippen LogP contribution >= 0.6 is 34.4 Å². The average molecular weight is 517 g/mol. The zero-order valence-electron chi connectivity index (χ0n) is 16.2. The molecule has 2 aromatic rings. The van der Waals surface area contributed by atoms with E-state index >= 15 is 0 Å². The second-order valence-corrected chi connectivity index (χ2v) is 8.34. The van der Waals surface area contributed by atoms with Crippen LogP contribution in [0.25, 0.3) is 6.08 Å². The Kier molecular flexibility index (Phi) is 7.34. The van der Waals surface area contributed by atoms with E-state index in [4.69, 9.17) is 4.74 Å². The third-order valence-corrected chi connectivity index (χ3v) is 6.16. The van der Waals surface area contributed by atoms with Gasteiger partial charge in [0.25, 0.3) is 5.91 Å². The maximum Gasteiger partial charge on any atom is 0.266 e. The molecule has 3 rings (SSSR count). The van der Waals surface area contributed by atoms with E-state index in [0.29, 0.717) is 30.2 Å². The number of aliphatic imine (C=N–C) groups is 1. The van der Waals surface area contributed by atoms with Gasteiger partial charge < -0.3 is 4.74 Å². The Hall–Kier alpha value is -2.31. The number of halogens is 1.